The molecule has 0 fully saturated rings. The van der Waals surface area contributed by atoms with Crippen LogP contribution in [-0.2, 0) is 14.1 Å². The van der Waals surface area contributed by atoms with E-state index in [1.54, 1.807) is 7.05 Å². The van der Waals surface area contributed by atoms with E-state index >= 15 is 0 Å². The molecule has 7 heteroatoms. The van der Waals surface area contributed by atoms with Crippen LogP contribution in [0, 0.1) is 12.3 Å². The van der Waals surface area contributed by atoms with E-state index in [-0.39, 0.29) is 5.92 Å². The topological polar surface area (TPSA) is 69.8 Å². The van der Waals surface area contributed by atoms with Gasteiger partial charge in [-0.3, -0.25) is 13.9 Å². The lowest BCUT2D eigenvalue weighted by atomic mass is 10.2. The number of hydrogen-bond donors (Lipinski definition) is 0. The number of aryl methyl sites for hydroxylation is 1. The Morgan fingerprint density at radius 2 is 1.90 bits per heavy atom. The molecule has 2 aromatic rings. The molecule has 0 aromatic carbocycles. The van der Waals surface area contributed by atoms with Crippen molar-refractivity contribution in [2.24, 2.45) is 14.1 Å². The molecule has 0 unspecified atom stereocenters. The molecule has 0 radical (unpaired) electrons. The minimum Gasteiger partial charge on any atom is -0.280 e. The number of rotatable bonds is 3. The zero-order valence-corrected chi connectivity index (χ0v) is 13.2. The summed E-state index contributed by atoms with van der Waals surface area (Å²) in [6, 6.07) is 0. The maximum atomic E-state index is 12.4. The zero-order chi connectivity index (χ0) is 15.7. The van der Waals surface area contributed by atoms with Gasteiger partial charge in [-0.1, -0.05) is 31.5 Å². The van der Waals surface area contributed by atoms with Crippen LogP contribution in [-0.4, -0.2) is 24.9 Å². The normalized spacial score (nSPS) is 11.0. The first-order valence-corrected chi connectivity index (χ1v) is 7.41. The molecule has 2 heterocycles. The van der Waals surface area contributed by atoms with Crippen LogP contribution in [0.1, 0.15) is 25.6 Å². The Hall–Kier alpha value is -2.07. The first-order chi connectivity index (χ1) is 9.88. The highest BCUT2D eigenvalue weighted by molar-refractivity contribution is 7.99. The first kappa shape index (κ1) is 15.3. The van der Waals surface area contributed by atoms with Crippen LogP contribution in [0.5, 0.6) is 0 Å². The van der Waals surface area contributed by atoms with Gasteiger partial charge in [-0.05, 0) is 0 Å². The average Bonchev–Trinajstić information content (AvgIpc) is 2.47. The molecule has 0 N–H and O–H groups in total. The van der Waals surface area contributed by atoms with Gasteiger partial charge in [-0.15, -0.1) is 6.42 Å². The van der Waals surface area contributed by atoms with Crippen molar-refractivity contribution >= 4 is 22.8 Å². The second-order valence-corrected chi connectivity index (χ2v) is 5.90. The van der Waals surface area contributed by atoms with Crippen LogP contribution in [0.4, 0.5) is 0 Å². The summed E-state index contributed by atoms with van der Waals surface area (Å²) in [7, 11) is 3.03. The quantitative estimate of drug-likeness (QED) is 0.478. The molecule has 6 nitrogen and oxygen atoms in total. The number of thioether (sulfide) groups is 1. The van der Waals surface area contributed by atoms with E-state index in [4.69, 9.17) is 6.42 Å². The monoisotopic (exact) mass is 304 g/mol. The molecule has 0 aliphatic rings. The molecule has 0 aliphatic heterocycles. The summed E-state index contributed by atoms with van der Waals surface area (Å²) in [5, 5.41) is 0.863. The highest BCUT2D eigenvalue weighted by Crippen LogP contribution is 2.23. The fourth-order valence-corrected chi connectivity index (χ4v) is 2.62. The van der Waals surface area contributed by atoms with Crippen molar-refractivity contribution in [1.29, 1.82) is 0 Å². The van der Waals surface area contributed by atoms with Crippen LogP contribution in [0.3, 0.4) is 0 Å². The van der Waals surface area contributed by atoms with E-state index in [0.29, 0.717) is 27.6 Å². The second-order valence-electron chi connectivity index (χ2n) is 4.94. The van der Waals surface area contributed by atoms with Gasteiger partial charge < -0.3 is 0 Å². The molecule has 21 heavy (non-hydrogen) atoms. The number of aromatic nitrogens is 4. The van der Waals surface area contributed by atoms with Gasteiger partial charge in [0.2, 0.25) is 0 Å². The summed E-state index contributed by atoms with van der Waals surface area (Å²) in [5.41, 5.74) is -0.460. The summed E-state index contributed by atoms with van der Waals surface area (Å²) < 4.78 is 2.42. The largest absolute Gasteiger partial charge is 0.332 e. The van der Waals surface area contributed by atoms with Crippen molar-refractivity contribution < 1.29 is 0 Å². The second kappa shape index (κ2) is 5.74. The maximum Gasteiger partial charge on any atom is 0.332 e. The number of fused-ring (bicyclic) bond motifs is 1. The fourth-order valence-electron chi connectivity index (χ4n) is 1.92. The standard InChI is InChI=1S/C14H16N4O2S/c1-6-7-21-12-9-11(15-10(16-12)8(2)3)17(4)14(20)18(5)13(9)19/h1,8H,7H2,2-5H3. The van der Waals surface area contributed by atoms with Gasteiger partial charge in [0.1, 0.15) is 16.2 Å². The predicted molar refractivity (Wildman–Crippen MR) is 83.7 cm³/mol. The highest BCUT2D eigenvalue weighted by atomic mass is 32.2. The summed E-state index contributed by atoms with van der Waals surface area (Å²) in [6.45, 7) is 3.91. The van der Waals surface area contributed by atoms with E-state index in [9.17, 15) is 9.59 Å². The van der Waals surface area contributed by atoms with Crippen LogP contribution < -0.4 is 11.2 Å². The van der Waals surface area contributed by atoms with Crippen molar-refractivity contribution in [2.75, 3.05) is 5.75 Å². The Kier molecular flexibility index (Phi) is 4.19. The van der Waals surface area contributed by atoms with Gasteiger partial charge in [0, 0.05) is 20.0 Å². The van der Waals surface area contributed by atoms with E-state index < -0.39 is 11.2 Å². The SMILES string of the molecule is C#CCSc1nc(C(C)C)nc2c1c(=O)n(C)c(=O)n2C. The van der Waals surface area contributed by atoms with Crippen molar-refractivity contribution in [3.05, 3.63) is 26.7 Å². The molecule has 110 valence electrons. The fraction of sp³-hybridized carbons (Fsp3) is 0.429. The van der Waals surface area contributed by atoms with Gasteiger partial charge in [-0.2, -0.15) is 0 Å². The minimum atomic E-state index is -0.409. The van der Waals surface area contributed by atoms with E-state index in [0.717, 1.165) is 4.57 Å². The molecular formula is C14H16N4O2S. The van der Waals surface area contributed by atoms with Gasteiger partial charge in [0.15, 0.2) is 5.65 Å². The molecule has 0 atom stereocenters. The van der Waals surface area contributed by atoms with E-state index in [1.807, 2.05) is 13.8 Å². The summed E-state index contributed by atoms with van der Waals surface area (Å²) in [4.78, 5) is 33.2. The molecule has 2 rings (SSSR count). The van der Waals surface area contributed by atoms with Gasteiger partial charge in [0.25, 0.3) is 5.56 Å². The molecule has 0 spiro atoms. The smallest absolute Gasteiger partial charge is 0.280 e. The Morgan fingerprint density at radius 1 is 1.24 bits per heavy atom. The Morgan fingerprint density at radius 3 is 2.48 bits per heavy atom. The number of hydrogen-bond acceptors (Lipinski definition) is 5. The molecular weight excluding hydrogens is 288 g/mol. The summed E-state index contributed by atoms with van der Waals surface area (Å²) in [6.07, 6.45) is 5.29. The molecule has 0 saturated heterocycles. The third-order valence-electron chi connectivity index (χ3n) is 3.09. The van der Waals surface area contributed by atoms with Crippen molar-refractivity contribution in [1.82, 2.24) is 19.1 Å². The van der Waals surface area contributed by atoms with Crippen molar-refractivity contribution in [3.63, 3.8) is 0 Å². The summed E-state index contributed by atoms with van der Waals surface area (Å²) >= 11 is 1.30. The van der Waals surface area contributed by atoms with Gasteiger partial charge in [-0.25, -0.2) is 14.8 Å². The first-order valence-electron chi connectivity index (χ1n) is 6.42. The molecule has 0 saturated carbocycles. The summed E-state index contributed by atoms with van der Waals surface area (Å²) in [5.74, 6) is 3.58. The third-order valence-corrected chi connectivity index (χ3v) is 3.97. The predicted octanol–water partition coefficient (Wildman–Crippen LogP) is 0.876. The third kappa shape index (κ3) is 2.59. The van der Waals surface area contributed by atoms with Crippen LogP contribution in [0.2, 0.25) is 0 Å². The molecule has 0 aliphatic carbocycles. The van der Waals surface area contributed by atoms with Crippen molar-refractivity contribution in [3.8, 4) is 12.3 Å². The Labute approximate surface area is 126 Å². The zero-order valence-electron chi connectivity index (χ0n) is 12.4. The van der Waals surface area contributed by atoms with E-state index in [2.05, 4.69) is 15.9 Å². The Balaban J connectivity index is 2.95. The highest BCUT2D eigenvalue weighted by Gasteiger charge is 2.18. The minimum absolute atomic E-state index is 0.0822. The van der Waals surface area contributed by atoms with Crippen LogP contribution in [0.25, 0.3) is 11.0 Å². The number of nitrogens with zero attached hydrogens (tertiary/aromatic N) is 4. The lowest BCUT2D eigenvalue weighted by Crippen LogP contribution is -2.38. The van der Waals surface area contributed by atoms with Crippen LogP contribution >= 0.6 is 11.8 Å². The van der Waals surface area contributed by atoms with Gasteiger partial charge >= 0.3 is 5.69 Å². The van der Waals surface area contributed by atoms with Crippen LogP contribution in [0.15, 0.2) is 14.6 Å². The van der Waals surface area contributed by atoms with Gasteiger partial charge in [0.05, 0.1) is 5.75 Å². The number of terminal acetylenes is 1. The lowest BCUT2D eigenvalue weighted by Gasteiger charge is -2.12. The molecule has 0 amide bonds. The maximum absolute atomic E-state index is 12.4. The van der Waals surface area contributed by atoms with E-state index in [1.165, 1.54) is 23.4 Å². The Bertz CT molecular complexity index is 858. The van der Waals surface area contributed by atoms with Crippen molar-refractivity contribution in [2.45, 2.75) is 24.8 Å². The molecule has 2 aromatic heterocycles. The molecule has 0 bridgehead atoms. The lowest BCUT2D eigenvalue weighted by molar-refractivity contribution is 0.689. The average molecular weight is 304 g/mol.